The standard InChI is InChI=1S/C32H29N3O6/c36-30(24-10-11-26-27(19-24)40-17-16-39-26)28-29(35(32(38)31(28)37)14-5-13-34-15-12-33-21-34)23-8-4-9-25(18-23)41-20-22-6-2-1-3-7-22/h1-4,6-12,15,18-19,21,29H,5,13-14,16-17,20H2,(H,36,37). The Labute approximate surface area is 237 Å². The van der Waals surface area contributed by atoms with Crippen molar-refractivity contribution in [1.82, 2.24) is 9.88 Å². The summed E-state index contributed by atoms with van der Waals surface area (Å²) in [5, 5.41) is 13.9. The first-order valence-corrected chi connectivity index (χ1v) is 13.5. The van der Waals surface area contributed by atoms with E-state index in [2.05, 4.69) is 4.98 Å². The molecule has 1 amide bonds. The number of rotatable bonds is 9. The molecule has 1 unspecified atom stereocenters. The van der Waals surface area contributed by atoms with Gasteiger partial charge in [0.15, 0.2) is 11.5 Å². The average Bonchev–Trinajstić information content (AvgIpc) is 3.62. The summed E-state index contributed by atoms with van der Waals surface area (Å²) in [6.45, 7) is 2.08. The molecule has 0 spiro atoms. The molecule has 2 aliphatic rings. The van der Waals surface area contributed by atoms with Crippen LogP contribution in [0.4, 0.5) is 0 Å². The van der Waals surface area contributed by atoms with Crippen molar-refractivity contribution in [2.45, 2.75) is 25.6 Å². The van der Waals surface area contributed by atoms with Gasteiger partial charge in [-0.2, -0.15) is 0 Å². The molecule has 3 heterocycles. The largest absolute Gasteiger partial charge is 0.872 e. The highest BCUT2D eigenvalue weighted by molar-refractivity contribution is 6.46. The number of fused-ring (bicyclic) bond motifs is 1. The van der Waals surface area contributed by atoms with Gasteiger partial charge < -0.3 is 24.2 Å². The van der Waals surface area contributed by atoms with Crippen LogP contribution < -0.4 is 23.9 Å². The zero-order valence-corrected chi connectivity index (χ0v) is 22.3. The summed E-state index contributed by atoms with van der Waals surface area (Å²) < 4.78 is 19.2. The summed E-state index contributed by atoms with van der Waals surface area (Å²) >= 11 is 0. The number of aryl methyl sites for hydroxylation is 1. The van der Waals surface area contributed by atoms with Gasteiger partial charge in [-0.05, 0) is 41.0 Å². The zero-order valence-electron chi connectivity index (χ0n) is 22.3. The van der Waals surface area contributed by atoms with Crippen LogP contribution in [-0.4, -0.2) is 41.3 Å². The summed E-state index contributed by atoms with van der Waals surface area (Å²) in [6, 6.07) is 21.0. The number of carbonyl (C=O) groups is 2. The van der Waals surface area contributed by atoms with Crippen molar-refractivity contribution in [1.29, 1.82) is 0 Å². The lowest BCUT2D eigenvalue weighted by Gasteiger charge is -2.28. The SMILES string of the molecule is O=C1C(=O)N(CCC[n+]2cc[nH]c2)C(c2cccc(OCc3ccccc3)c2)/C1=C(\[O-])c1ccc2c(c1)OCCO2. The van der Waals surface area contributed by atoms with E-state index in [9.17, 15) is 14.7 Å². The summed E-state index contributed by atoms with van der Waals surface area (Å²) in [6.07, 6.45) is 6.12. The third-order valence-corrected chi connectivity index (χ3v) is 7.17. The van der Waals surface area contributed by atoms with E-state index in [0.29, 0.717) is 62.1 Å². The maximum atomic E-state index is 13.9. The number of H-pyrrole nitrogens is 1. The van der Waals surface area contributed by atoms with Gasteiger partial charge in [0.05, 0.1) is 12.6 Å². The number of nitrogens with zero attached hydrogens (tertiary/aromatic N) is 2. The van der Waals surface area contributed by atoms with Crippen molar-refractivity contribution in [2.75, 3.05) is 19.8 Å². The first-order valence-electron chi connectivity index (χ1n) is 13.5. The van der Waals surface area contributed by atoms with Gasteiger partial charge in [-0.15, -0.1) is 0 Å². The summed E-state index contributed by atoms with van der Waals surface area (Å²) in [5.74, 6) is -0.441. The Bertz CT molecular complexity index is 1580. The lowest BCUT2D eigenvalue weighted by atomic mass is 9.95. The molecule has 4 aromatic rings. The Morgan fingerprint density at radius 2 is 1.83 bits per heavy atom. The van der Waals surface area contributed by atoms with Crippen LogP contribution in [0.15, 0.2) is 97.1 Å². The van der Waals surface area contributed by atoms with Crippen LogP contribution in [0.25, 0.3) is 5.76 Å². The highest BCUT2D eigenvalue weighted by Crippen LogP contribution is 2.41. The summed E-state index contributed by atoms with van der Waals surface area (Å²) in [5.41, 5.74) is 1.82. The zero-order chi connectivity index (χ0) is 28.2. The molecule has 0 bridgehead atoms. The fourth-order valence-electron chi connectivity index (χ4n) is 5.19. The highest BCUT2D eigenvalue weighted by atomic mass is 16.6. The van der Waals surface area contributed by atoms with Gasteiger partial charge in [0.2, 0.25) is 12.1 Å². The van der Waals surface area contributed by atoms with Crippen LogP contribution in [0.1, 0.15) is 29.2 Å². The topological polar surface area (TPSA) is 108 Å². The number of carbonyl (C=O) groups excluding carboxylic acids is 2. The predicted molar refractivity (Wildman–Crippen MR) is 147 cm³/mol. The number of benzene rings is 3. The molecule has 3 aromatic carbocycles. The van der Waals surface area contributed by atoms with E-state index < -0.39 is 23.5 Å². The highest BCUT2D eigenvalue weighted by Gasteiger charge is 2.44. The van der Waals surface area contributed by atoms with Crippen LogP contribution in [0.2, 0.25) is 0 Å². The van der Waals surface area contributed by atoms with Crippen molar-refractivity contribution in [3.05, 3.63) is 114 Å². The van der Waals surface area contributed by atoms with Crippen LogP contribution in [-0.2, 0) is 22.7 Å². The van der Waals surface area contributed by atoms with Gasteiger partial charge in [-0.25, -0.2) is 4.57 Å². The van der Waals surface area contributed by atoms with E-state index in [1.807, 2.05) is 71.8 Å². The van der Waals surface area contributed by atoms with Crippen LogP contribution in [0, 0.1) is 0 Å². The second kappa shape index (κ2) is 11.6. The molecule has 1 N–H and O–H groups in total. The second-order valence-corrected chi connectivity index (χ2v) is 9.88. The molecule has 9 nitrogen and oxygen atoms in total. The number of Topliss-reactive ketones (excluding diaryl/α,β-unsaturated/α-hetero) is 1. The van der Waals surface area contributed by atoms with Gasteiger partial charge in [0, 0.05) is 18.5 Å². The van der Waals surface area contributed by atoms with Crippen LogP contribution in [0.5, 0.6) is 17.2 Å². The Morgan fingerprint density at radius 3 is 2.63 bits per heavy atom. The van der Waals surface area contributed by atoms with Crippen LogP contribution >= 0.6 is 0 Å². The van der Waals surface area contributed by atoms with Gasteiger partial charge in [-0.3, -0.25) is 14.6 Å². The minimum absolute atomic E-state index is 0.0822. The lowest BCUT2D eigenvalue weighted by Crippen LogP contribution is -2.36. The third kappa shape index (κ3) is 5.51. The second-order valence-electron chi connectivity index (χ2n) is 9.88. The monoisotopic (exact) mass is 551 g/mol. The fraction of sp³-hybridized carbons (Fsp3) is 0.219. The maximum absolute atomic E-state index is 13.9. The van der Waals surface area contributed by atoms with E-state index in [1.54, 1.807) is 24.3 Å². The molecular weight excluding hydrogens is 522 g/mol. The quantitative estimate of drug-likeness (QED) is 0.148. The van der Waals surface area contributed by atoms with Gasteiger partial charge in [0.1, 0.15) is 38.0 Å². The van der Waals surface area contributed by atoms with Crippen LogP contribution in [0.3, 0.4) is 0 Å². The molecule has 1 saturated heterocycles. The lowest BCUT2D eigenvalue weighted by molar-refractivity contribution is -0.695. The van der Waals surface area contributed by atoms with E-state index >= 15 is 0 Å². The van der Waals surface area contributed by atoms with E-state index in [-0.39, 0.29) is 11.1 Å². The Hall–Kier alpha value is -5.05. The molecule has 41 heavy (non-hydrogen) atoms. The van der Waals surface area contributed by atoms with Crippen molar-refractivity contribution in [2.24, 2.45) is 0 Å². The smallest absolute Gasteiger partial charge is 0.295 e. The number of hydrogen-bond donors (Lipinski definition) is 1. The van der Waals surface area contributed by atoms with Crippen molar-refractivity contribution < 1.29 is 33.5 Å². The van der Waals surface area contributed by atoms with Gasteiger partial charge in [-0.1, -0.05) is 54.3 Å². The molecule has 0 aliphatic carbocycles. The van der Waals surface area contributed by atoms with E-state index in [4.69, 9.17) is 14.2 Å². The minimum atomic E-state index is -0.854. The molecular formula is C32H29N3O6. The van der Waals surface area contributed by atoms with Gasteiger partial charge in [0.25, 0.3) is 5.91 Å². The average molecular weight is 552 g/mol. The number of aromatic amines is 1. The molecule has 9 heteroatoms. The van der Waals surface area contributed by atoms with Crippen molar-refractivity contribution >= 4 is 17.4 Å². The van der Waals surface area contributed by atoms with Crippen molar-refractivity contribution in [3.63, 3.8) is 0 Å². The molecule has 0 saturated carbocycles. The molecule has 0 radical (unpaired) electrons. The third-order valence-electron chi connectivity index (χ3n) is 7.17. The first kappa shape index (κ1) is 26.2. The fourth-order valence-corrected chi connectivity index (χ4v) is 5.19. The van der Waals surface area contributed by atoms with Crippen molar-refractivity contribution in [3.8, 4) is 17.2 Å². The number of imidazole rings is 1. The Kier molecular flexibility index (Phi) is 7.40. The number of amides is 1. The summed E-state index contributed by atoms with van der Waals surface area (Å²) in [7, 11) is 0. The predicted octanol–water partition coefficient (Wildman–Crippen LogP) is 2.97. The number of hydrogen-bond acceptors (Lipinski definition) is 6. The molecule has 1 atom stereocenters. The summed E-state index contributed by atoms with van der Waals surface area (Å²) in [4.78, 5) is 31.3. The maximum Gasteiger partial charge on any atom is 0.295 e. The van der Waals surface area contributed by atoms with E-state index in [0.717, 1.165) is 5.56 Å². The molecule has 1 aromatic heterocycles. The number of aromatic nitrogens is 2. The number of ether oxygens (including phenoxy) is 3. The number of likely N-dealkylation sites (tertiary alicyclic amines) is 1. The number of nitrogens with one attached hydrogen (secondary N) is 1. The molecule has 6 rings (SSSR count). The van der Waals surface area contributed by atoms with E-state index in [1.165, 1.54) is 4.90 Å². The molecule has 208 valence electrons. The normalized spacial score (nSPS) is 17.6. The first-order chi connectivity index (χ1) is 20.1. The molecule has 1 fully saturated rings. The van der Waals surface area contributed by atoms with Gasteiger partial charge >= 0.3 is 0 Å². The Morgan fingerprint density at radius 1 is 1.00 bits per heavy atom. The number of ketones is 1. The minimum Gasteiger partial charge on any atom is -0.872 e. The molecule has 2 aliphatic heterocycles. The Balaban J connectivity index is 1.35.